The number of para-hydroxylation sites is 1. The number of aryl methyl sites for hydroxylation is 1. The van der Waals surface area contributed by atoms with Crippen LogP contribution in [0.4, 0.5) is 0 Å². The lowest BCUT2D eigenvalue weighted by Gasteiger charge is -2.09. The third-order valence-corrected chi connectivity index (χ3v) is 5.34. The van der Waals surface area contributed by atoms with E-state index in [-0.39, 0.29) is 12.5 Å². The Morgan fingerprint density at radius 1 is 1.03 bits per heavy atom. The molecule has 6 heteroatoms. The number of unbranched alkanes of at least 4 members (excludes halogenated alkanes) is 1. The number of amides is 1. The summed E-state index contributed by atoms with van der Waals surface area (Å²) in [5.74, 6) is 0.0864. The van der Waals surface area contributed by atoms with Gasteiger partial charge in [0.05, 0.1) is 5.56 Å². The Bertz CT molecular complexity index is 1270. The molecule has 0 spiro atoms. The molecule has 0 fully saturated rings. The molecule has 3 aromatic carbocycles. The van der Waals surface area contributed by atoms with Gasteiger partial charge in [-0.05, 0) is 47.0 Å². The fourth-order valence-corrected chi connectivity index (χ4v) is 3.75. The van der Waals surface area contributed by atoms with Crippen molar-refractivity contribution < 1.29 is 23.8 Å². The molecule has 2 N–H and O–H groups in total. The fraction of sp³-hybridized carbons (Fsp3) is 0.231. The molecule has 1 amide bonds. The summed E-state index contributed by atoms with van der Waals surface area (Å²) in [5, 5.41) is 14.5. The van der Waals surface area contributed by atoms with Crippen molar-refractivity contribution in [3.8, 4) is 5.75 Å². The average molecular weight is 431 g/mol. The highest BCUT2D eigenvalue weighted by Crippen LogP contribution is 2.27. The predicted octanol–water partition coefficient (Wildman–Crippen LogP) is 5.32. The Kier molecular flexibility index (Phi) is 6.40. The second kappa shape index (κ2) is 9.56. The van der Waals surface area contributed by atoms with Crippen LogP contribution in [0.3, 0.4) is 0 Å². The van der Waals surface area contributed by atoms with Gasteiger partial charge in [0.1, 0.15) is 17.1 Å². The number of carboxylic acids is 1. The van der Waals surface area contributed by atoms with Crippen molar-refractivity contribution in [2.24, 2.45) is 0 Å². The first-order valence-electron chi connectivity index (χ1n) is 10.7. The minimum Gasteiger partial charge on any atom is -0.482 e. The molecule has 1 heterocycles. The molecular formula is C26H25NO5. The minimum atomic E-state index is -1.01. The lowest BCUT2D eigenvalue weighted by molar-refractivity contribution is -0.139. The van der Waals surface area contributed by atoms with Crippen LogP contribution < -0.4 is 10.1 Å². The Morgan fingerprint density at radius 2 is 1.81 bits per heavy atom. The maximum Gasteiger partial charge on any atom is 0.341 e. The number of fused-ring (bicyclic) bond motifs is 2. The molecule has 164 valence electrons. The third-order valence-electron chi connectivity index (χ3n) is 5.34. The van der Waals surface area contributed by atoms with Crippen LogP contribution in [0, 0.1) is 0 Å². The number of hydrogen-bond donors (Lipinski definition) is 2. The van der Waals surface area contributed by atoms with Crippen LogP contribution in [0.2, 0.25) is 0 Å². The third kappa shape index (κ3) is 4.75. The van der Waals surface area contributed by atoms with Crippen LogP contribution in [0.5, 0.6) is 5.75 Å². The number of aliphatic carboxylic acids is 1. The summed E-state index contributed by atoms with van der Waals surface area (Å²) in [5.41, 5.74) is 2.32. The van der Waals surface area contributed by atoms with Gasteiger partial charge in [-0.2, -0.15) is 0 Å². The van der Waals surface area contributed by atoms with Crippen molar-refractivity contribution in [3.05, 3.63) is 77.6 Å². The quantitative estimate of drug-likeness (QED) is 0.374. The zero-order valence-corrected chi connectivity index (χ0v) is 17.9. The lowest BCUT2D eigenvalue weighted by Crippen LogP contribution is -2.23. The predicted molar refractivity (Wildman–Crippen MR) is 123 cm³/mol. The minimum absolute atomic E-state index is 0.140. The molecule has 0 aliphatic heterocycles. The number of hydrogen-bond acceptors (Lipinski definition) is 4. The lowest BCUT2D eigenvalue weighted by atomic mass is 10.1. The van der Waals surface area contributed by atoms with E-state index in [1.54, 1.807) is 12.1 Å². The van der Waals surface area contributed by atoms with Gasteiger partial charge in [-0.15, -0.1) is 0 Å². The average Bonchev–Trinajstić information content (AvgIpc) is 3.18. The number of carboxylic acid groups (broad SMARTS) is 1. The first-order chi connectivity index (χ1) is 15.5. The van der Waals surface area contributed by atoms with E-state index >= 15 is 0 Å². The molecule has 0 atom stereocenters. The number of furan rings is 1. The molecule has 0 saturated heterocycles. The number of rotatable bonds is 9. The highest BCUT2D eigenvalue weighted by Gasteiger charge is 2.20. The molecule has 0 bridgehead atoms. The van der Waals surface area contributed by atoms with Crippen LogP contribution in [0.15, 0.2) is 65.1 Å². The van der Waals surface area contributed by atoms with Gasteiger partial charge in [0, 0.05) is 18.4 Å². The zero-order chi connectivity index (χ0) is 22.5. The van der Waals surface area contributed by atoms with E-state index in [2.05, 4.69) is 12.2 Å². The highest BCUT2D eigenvalue weighted by atomic mass is 16.5. The van der Waals surface area contributed by atoms with E-state index in [4.69, 9.17) is 14.3 Å². The first-order valence-corrected chi connectivity index (χ1v) is 10.7. The molecule has 0 aliphatic carbocycles. The second-order valence-corrected chi connectivity index (χ2v) is 7.71. The van der Waals surface area contributed by atoms with Gasteiger partial charge in [0.15, 0.2) is 6.61 Å². The molecule has 0 unspecified atom stereocenters. The number of ether oxygens (including phenoxy) is 1. The van der Waals surface area contributed by atoms with Crippen LogP contribution in [0.1, 0.15) is 41.4 Å². The fourth-order valence-electron chi connectivity index (χ4n) is 3.75. The summed E-state index contributed by atoms with van der Waals surface area (Å²) >= 11 is 0. The number of nitrogens with one attached hydrogen (secondary N) is 1. The van der Waals surface area contributed by atoms with Crippen LogP contribution in [-0.2, 0) is 17.8 Å². The van der Waals surface area contributed by atoms with E-state index in [0.29, 0.717) is 17.9 Å². The molecular weight excluding hydrogens is 406 g/mol. The van der Waals surface area contributed by atoms with Gasteiger partial charge in [0.25, 0.3) is 5.91 Å². The normalized spacial score (nSPS) is 11.0. The molecule has 4 rings (SSSR count). The second-order valence-electron chi connectivity index (χ2n) is 7.71. The Morgan fingerprint density at radius 3 is 2.62 bits per heavy atom. The van der Waals surface area contributed by atoms with Gasteiger partial charge >= 0.3 is 5.97 Å². The van der Waals surface area contributed by atoms with Gasteiger partial charge in [-0.1, -0.05) is 49.7 Å². The van der Waals surface area contributed by atoms with E-state index in [0.717, 1.165) is 52.3 Å². The van der Waals surface area contributed by atoms with Crippen molar-refractivity contribution in [1.29, 1.82) is 0 Å². The summed E-state index contributed by atoms with van der Waals surface area (Å²) in [7, 11) is 0. The summed E-state index contributed by atoms with van der Waals surface area (Å²) in [6, 6.07) is 18.9. The first kappa shape index (κ1) is 21.4. The molecule has 0 radical (unpaired) electrons. The highest BCUT2D eigenvalue weighted by molar-refractivity contribution is 6.07. The number of carbonyl (C=O) groups excluding carboxylic acids is 1. The van der Waals surface area contributed by atoms with Crippen molar-refractivity contribution in [2.75, 3.05) is 6.61 Å². The zero-order valence-electron chi connectivity index (χ0n) is 17.9. The van der Waals surface area contributed by atoms with Crippen molar-refractivity contribution in [2.45, 2.75) is 32.7 Å². The standard InChI is InChI=1S/C26H25NO5/c1-2-3-7-23-25(21-6-4-5-8-22(21)32-23)26(30)27-15-17-9-10-19-14-20(31-16-24(28)29)12-11-18(19)13-17/h4-6,8-14H,2-3,7,15-16H2,1H3,(H,27,30)(H,28,29). The Balaban J connectivity index is 1.50. The van der Waals surface area contributed by atoms with E-state index in [1.807, 2.05) is 48.5 Å². The molecule has 4 aromatic rings. The van der Waals surface area contributed by atoms with Gasteiger partial charge in [-0.25, -0.2) is 4.79 Å². The number of benzene rings is 3. The maximum absolute atomic E-state index is 13.1. The Labute approximate surface area is 185 Å². The van der Waals surface area contributed by atoms with E-state index < -0.39 is 5.97 Å². The summed E-state index contributed by atoms with van der Waals surface area (Å²) < 4.78 is 11.2. The van der Waals surface area contributed by atoms with Crippen LogP contribution in [-0.4, -0.2) is 23.6 Å². The van der Waals surface area contributed by atoms with Gasteiger partial charge < -0.3 is 19.6 Å². The van der Waals surface area contributed by atoms with Gasteiger partial charge in [0.2, 0.25) is 0 Å². The van der Waals surface area contributed by atoms with Crippen molar-refractivity contribution >= 4 is 33.6 Å². The van der Waals surface area contributed by atoms with Crippen LogP contribution in [0.25, 0.3) is 21.7 Å². The smallest absolute Gasteiger partial charge is 0.341 e. The topological polar surface area (TPSA) is 88.8 Å². The SMILES string of the molecule is CCCCc1oc2ccccc2c1C(=O)NCc1ccc2cc(OCC(=O)O)ccc2c1. The molecule has 32 heavy (non-hydrogen) atoms. The largest absolute Gasteiger partial charge is 0.482 e. The summed E-state index contributed by atoms with van der Waals surface area (Å²) in [6.07, 6.45) is 2.72. The van der Waals surface area contributed by atoms with Gasteiger partial charge in [-0.3, -0.25) is 4.79 Å². The van der Waals surface area contributed by atoms with E-state index in [9.17, 15) is 9.59 Å². The molecule has 6 nitrogen and oxygen atoms in total. The molecule has 1 aromatic heterocycles. The Hall–Kier alpha value is -3.80. The molecule has 0 saturated carbocycles. The van der Waals surface area contributed by atoms with Crippen molar-refractivity contribution in [3.63, 3.8) is 0 Å². The summed E-state index contributed by atoms with van der Waals surface area (Å²) in [6.45, 7) is 2.13. The summed E-state index contributed by atoms with van der Waals surface area (Å²) in [4.78, 5) is 23.7. The maximum atomic E-state index is 13.1. The van der Waals surface area contributed by atoms with E-state index in [1.165, 1.54) is 0 Å². The van der Waals surface area contributed by atoms with Crippen molar-refractivity contribution in [1.82, 2.24) is 5.32 Å². The molecule has 0 aliphatic rings. The van der Waals surface area contributed by atoms with Crippen LogP contribution >= 0.6 is 0 Å². The number of carbonyl (C=O) groups is 2. The monoisotopic (exact) mass is 431 g/mol.